The fraction of sp³-hybridized carbons (Fsp3) is 0.611. The van der Waals surface area contributed by atoms with Crippen LogP contribution >= 0.6 is 51.7 Å². The summed E-state index contributed by atoms with van der Waals surface area (Å²) < 4.78 is 6.48. The summed E-state index contributed by atoms with van der Waals surface area (Å²) in [6, 6.07) is 8.48. The lowest BCUT2D eigenvalue weighted by Crippen LogP contribution is -2.45. The third-order valence-electron chi connectivity index (χ3n) is 4.08. The highest BCUT2D eigenvalue weighted by atomic mass is 127. The Morgan fingerprint density at radius 3 is 2.68 bits per heavy atom. The molecule has 0 aliphatic carbocycles. The Bertz CT molecular complexity index is 554. The average Bonchev–Trinajstić information content (AvgIpc) is 2.99. The van der Waals surface area contributed by atoms with E-state index in [4.69, 9.17) is 4.74 Å². The van der Waals surface area contributed by atoms with Crippen LogP contribution in [0, 0.1) is 5.92 Å². The van der Waals surface area contributed by atoms with Gasteiger partial charge in [0.15, 0.2) is 5.96 Å². The van der Waals surface area contributed by atoms with E-state index in [-0.39, 0.29) is 28.7 Å². The van der Waals surface area contributed by atoms with E-state index in [1.807, 2.05) is 18.8 Å². The third-order valence-corrected chi connectivity index (χ3v) is 5.81. The van der Waals surface area contributed by atoms with Crippen LogP contribution in [0.4, 0.5) is 0 Å². The number of rotatable bonds is 6. The fourth-order valence-electron chi connectivity index (χ4n) is 2.88. The molecule has 25 heavy (non-hydrogen) atoms. The fourth-order valence-corrected chi connectivity index (χ4v) is 4.20. The van der Waals surface area contributed by atoms with E-state index in [2.05, 4.69) is 69.3 Å². The first kappa shape index (κ1) is 23.0. The van der Waals surface area contributed by atoms with Crippen molar-refractivity contribution in [1.82, 2.24) is 10.2 Å². The van der Waals surface area contributed by atoms with Crippen LogP contribution in [0.2, 0.25) is 0 Å². The molecular formula is C18H29BrIN3OS. The van der Waals surface area contributed by atoms with Crippen LogP contribution in [0.15, 0.2) is 38.6 Å². The molecule has 0 bridgehead atoms. The van der Waals surface area contributed by atoms with Crippen LogP contribution in [-0.4, -0.2) is 56.0 Å². The number of ether oxygens (including phenoxy) is 1. The van der Waals surface area contributed by atoms with Crippen LogP contribution in [0.25, 0.3) is 0 Å². The maximum absolute atomic E-state index is 5.28. The first-order valence-corrected chi connectivity index (χ1v) is 9.93. The summed E-state index contributed by atoms with van der Waals surface area (Å²) in [6.45, 7) is 8.29. The van der Waals surface area contributed by atoms with E-state index in [0.717, 1.165) is 36.7 Å². The van der Waals surface area contributed by atoms with Gasteiger partial charge >= 0.3 is 0 Å². The zero-order valence-electron chi connectivity index (χ0n) is 15.4. The smallest absolute Gasteiger partial charge is 0.193 e. The Labute approximate surface area is 181 Å². The molecule has 1 heterocycles. The second-order valence-corrected chi connectivity index (χ2v) is 9.47. The summed E-state index contributed by atoms with van der Waals surface area (Å²) in [5.74, 6) is 1.61. The van der Waals surface area contributed by atoms with Gasteiger partial charge in [0.05, 0.1) is 6.61 Å². The lowest BCUT2D eigenvalue weighted by atomic mass is 10.1. The number of hydrogen-bond acceptors (Lipinski definition) is 3. The molecule has 1 atom stereocenters. The number of aliphatic imine (C=N–C) groups is 1. The topological polar surface area (TPSA) is 36.9 Å². The average molecular weight is 542 g/mol. The van der Waals surface area contributed by atoms with Crippen molar-refractivity contribution in [3.63, 3.8) is 0 Å². The molecule has 4 nitrogen and oxygen atoms in total. The highest BCUT2D eigenvalue weighted by Gasteiger charge is 2.26. The Kier molecular flexibility index (Phi) is 10.1. The van der Waals surface area contributed by atoms with Crippen molar-refractivity contribution in [3.8, 4) is 0 Å². The van der Waals surface area contributed by atoms with E-state index in [0.29, 0.717) is 5.92 Å². The van der Waals surface area contributed by atoms with Gasteiger partial charge in [0.2, 0.25) is 0 Å². The zero-order valence-corrected chi connectivity index (χ0v) is 20.2. The van der Waals surface area contributed by atoms with Crippen LogP contribution in [0.5, 0.6) is 0 Å². The normalized spacial score (nSPS) is 18.2. The van der Waals surface area contributed by atoms with Crippen LogP contribution < -0.4 is 5.32 Å². The van der Waals surface area contributed by atoms with Gasteiger partial charge in [-0.2, -0.15) is 0 Å². The van der Waals surface area contributed by atoms with E-state index in [1.54, 1.807) is 7.11 Å². The quantitative estimate of drug-likeness (QED) is 0.249. The molecule has 1 aromatic carbocycles. The van der Waals surface area contributed by atoms with Crippen LogP contribution in [-0.2, 0) is 4.74 Å². The van der Waals surface area contributed by atoms with Crippen molar-refractivity contribution in [1.29, 1.82) is 0 Å². The number of guanidine groups is 1. The summed E-state index contributed by atoms with van der Waals surface area (Å²) in [4.78, 5) is 8.08. The second-order valence-electron chi connectivity index (χ2n) is 6.77. The highest BCUT2D eigenvalue weighted by molar-refractivity contribution is 14.0. The molecule has 0 aromatic heterocycles. The summed E-state index contributed by atoms with van der Waals surface area (Å²) in [5, 5.41) is 3.55. The van der Waals surface area contributed by atoms with Crippen molar-refractivity contribution < 1.29 is 4.74 Å². The van der Waals surface area contributed by atoms with Gasteiger partial charge in [0, 0.05) is 53.8 Å². The second kappa shape index (κ2) is 11.0. The molecule has 7 heteroatoms. The number of nitrogens with one attached hydrogen (secondary N) is 1. The first-order chi connectivity index (χ1) is 11.4. The van der Waals surface area contributed by atoms with Gasteiger partial charge in [0.1, 0.15) is 0 Å². The number of nitrogens with zero attached hydrogens (tertiary/aromatic N) is 2. The van der Waals surface area contributed by atoms with Gasteiger partial charge < -0.3 is 15.0 Å². The number of hydrogen-bond donors (Lipinski definition) is 1. The minimum atomic E-state index is 0. The number of benzene rings is 1. The minimum absolute atomic E-state index is 0. The van der Waals surface area contributed by atoms with E-state index < -0.39 is 0 Å². The first-order valence-electron chi connectivity index (χ1n) is 8.32. The Morgan fingerprint density at radius 2 is 2.08 bits per heavy atom. The third kappa shape index (κ3) is 7.64. The molecule has 1 fully saturated rings. The zero-order chi connectivity index (χ0) is 17.6. The summed E-state index contributed by atoms with van der Waals surface area (Å²) in [5.41, 5.74) is 0. The Balaban J connectivity index is 0.00000312. The maximum Gasteiger partial charge on any atom is 0.193 e. The largest absolute Gasteiger partial charge is 0.384 e. The van der Waals surface area contributed by atoms with Crippen molar-refractivity contribution in [2.75, 3.05) is 40.4 Å². The van der Waals surface area contributed by atoms with Gasteiger partial charge in [-0.15, -0.1) is 35.7 Å². The van der Waals surface area contributed by atoms with Crippen molar-refractivity contribution in [2.24, 2.45) is 10.9 Å². The van der Waals surface area contributed by atoms with Gasteiger partial charge in [-0.3, -0.25) is 4.99 Å². The van der Waals surface area contributed by atoms with E-state index in [1.165, 1.54) is 11.3 Å². The van der Waals surface area contributed by atoms with Crippen molar-refractivity contribution in [3.05, 3.63) is 28.7 Å². The van der Waals surface area contributed by atoms with Gasteiger partial charge in [0.25, 0.3) is 0 Å². The predicted octanol–water partition coefficient (Wildman–Crippen LogP) is 4.48. The van der Waals surface area contributed by atoms with Gasteiger partial charge in [-0.25, -0.2) is 0 Å². The molecule has 0 radical (unpaired) electrons. The number of thioether (sulfide) groups is 1. The Morgan fingerprint density at radius 1 is 1.40 bits per heavy atom. The molecule has 1 aromatic rings. The monoisotopic (exact) mass is 541 g/mol. The summed E-state index contributed by atoms with van der Waals surface area (Å²) in [7, 11) is 3.64. The molecule has 0 saturated carbocycles. The molecule has 0 amide bonds. The highest BCUT2D eigenvalue weighted by Crippen LogP contribution is 2.32. The number of likely N-dealkylation sites (tertiary alicyclic amines) is 1. The molecular weight excluding hydrogens is 513 g/mol. The van der Waals surface area contributed by atoms with Crippen molar-refractivity contribution >= 4 is 57.6 Å². The Hall–Kier alpha value is 0.01000. The van der Waals surface area contributed by atoms with E-state index in [9.17, 15) is 0 Å². The standard InChI is InChI=1S/C18H28BrN3OS.HI/c1-18(2,24-16-7-5-15(19)6-8-16)13-21-17(20-3)22-10-9-14(11-22)12-23-4;/h5-8,14H,9-13H2,1-4H3,(H,20,21);1H. The molecule has 1 N–H and O–H groups in total. The molecule has 1 aliphatic rings. The predicted molar refractivity (Wildman–Crippen MR) is 122 cm³/mol. The lowest BCUT2D eigenvalue weighted by molar-refractivity contribution is 0.157. The molecule has 1 aliphatic heterocycles. The number of methoxy groups -OCH3 is 1. The summed E-state index contributed by atoms with van der Waals surface area (Å²) >= 11 is 5.37. The molecule has 0 spiro atoms. The lowest BCUT2D eigenvalue weighted by Gasteiger charge is -2.28. The van der Waals surface area contributed by atoms with Crippen LogP contribution in [0.3, 0.4) is 0 Å². The number of halogens is 2. The van der Waals surface area contributed by atoms with Gasteiger partial charge in [-0.05, 0) is 44.5 Å². The molecule has 1 unspecified atom stereocenters. The van der Waals surface area contributed by atoms with Gasteiger partial charge in [-0.1, -0.05) is 15.9 Å². The van der Waals surface area contributed by atoms with E-state index >= 15 is 0 Å². The molecule has 2 rings (SSSR count). The summed E-state index contributed by atoms with van der Waals surface area (Å²) in [6.07, 6.45) is 1.17. The molecule has 1 saturated heterocycles. The minimum Gasteiger partial charge on any atom is -0.384 e. The maximum atomic E-state index is 5.28. The SMILES string of the molecule is CN=C(NCC(C)(C)Sc1ccc(Br)cc1)N1CCC(COC)C1.I. The van der Waals surface area contributed by atoms with Crippen molar-refractivity contribution in [2.45, 2.75) is 29.9 Å². The molecule has 142 valence electrons. The van der Waals surface area contributed by atoms with Crippen LogP contribution in [0.1, 0.15) is 20.3 Å².